The number of hydrogen-bond donors (Lipinski definition) is 2. The van der Waals surface area contributed by atoms with Crippen LogP contribution in [0.4, 0.5) is 0 Å². The van der Waals surface area contributed by atoms with Gasteiger partial charge in [-0.1, -0.05) is 5.16 Å². The first-order chi connectivity index (χ1) is 9.08. The molecule has 2 heterocycles. The molecule has 0 saturated carbocycles. The van der Waals surface area contributed by atoms with Crippen molar-refractivity contribution in [3.63, 3.8) is 0 Å². The number of carbonyl (C=O) groups is 2. The summed E-state index contributed by atoms with van der Waals surface area (Å²) in [6, 6.07) is 0.0221. The summed E-state index contributed by atoms with van der Waals surface area (Å²) < 4.78 is 5.27. The van der Waals surface area contributed by atoms with E-state index in [1.54, 1.807) is 0 Å². The van der Waals surface area contributed by atoms with Gasteiger partial charge in [-0.05, 0) is 25.7 Å². The van der Waals surface area contributed by atoms with Crippen molar-refractivity contribution < 1.29 is 24.3 Å². The summed E-state index contributed by atoms with van der Waals surface area (Å²) in [6.07, 6.45) is 1.03. The molecule has 2 rings (SSSR count). The molecular formula is C12H18N2O5. The monoisotopic (exact) mass is 270 g/mol. The number of carboxylic acids is 1. The van der Waals surface area contributed by atoms with E-state index in [2.05, 4.69) is 10.5 Å². The van der Waals surface area contributed by atoms with E-state index in [0.29, 0.717) is 5.92 Å². The normalized spacial score (nSPS) is 25.3. The smallest absolute Gasteiger partial charge is 0.353 e. The standard InChI is InChI=1S/C12H18N2O5/c1-7(8-2-4-18-5-3-8)13-11(15)10-6-9(12(16)17)14-19-10/h7-8,10H,2-6H2,1H3,(H,13,15)(H,16,17). The molecule has 0 aromatic heterocycles. The third-order valence-electron chi connectivity index (χ3n) is 3.55. The van der Waals surface area contributed by atoms with Crippen LogP contribution in [-0.2, 0) is 19.2 Å². The number of amides is 1. The third kappa shape index (κ3) is 3.44. The molecule has 2 unspecified atom stereocenters. The van der Waals surface area contributed by atoms with Crippen molar-refractivity contribution in [3.8, 4) is 0 Å². The summed E-state index contributed by atoms with van der Waals surface area (Å²) in [5.41, 5.74) is -0.112. The number of ether oxygens (including phenoxy) is 1. The van der Waals surface area contributed by atoms with Gasteiger partial charge in [0, 0.05) is 25.7 Å². The Kier molecular flexibility index (Phi) is 4.36. The van der Waals surface area contributed by atoms with Gasteiger partial charge < -0.3 is 20.0 Å². The van der Waals surface area contributed by atoms with Crippen LogP contribution in [0, 0.1) is 5.92 Å². The number of nitrogens with zero attached hydrogens (tertiary/aromatic N) is 1. The van der Waals surface area contributed by atoms with Crippen LogP contribution in [0.5, 0.6) is 0 Å². The lowest BCUT2D eigenvalue weighted by Crippen LogP contribution is -2.45. The summed E-state index contributed by atoms with van der Waals surface area (Å²) in [6.45, 7) is 3.38. The van der Waals surface area contributed by atoms with Crippen LogP contribution in [0.2, 0.25) is 0 Å². The van der Waals surface area contributed by atoms with E-state index in [1.807, 2.05) is 6.92 Å². The number of nitrogens with one attached hydrogen (secondary N) is 1. The maximum absolute atomic E-state index is 11.9. The van der Waals surface area contributed by atoms with Gasteiger partial charge in [-0.15, -0.1) is 0 Å². The van der Waals surface area contributed by atoms with Crippen LogP contribution in [0.15, 0.2) is 5.16 Å². The summed E-state index contributed by atoms with van der Waals surface area (Å²) >= 11 is 0. The van der Waals surface area contributed by atoms with Crippen molar-refractivity contribution >= 4 is 17.6 Å². The molecular weight excluding hydrogens is 252 g/mol. The highest BCUT2D eigenvalue weighted by molar-refractivity contribution is 6.36. The van der Waals surface area contributed by atoms with Gasteiger partial charge >= 0.3 is 5.97 Å². The number of aliphatic carboxylic acids is 1. The lowest BCUT2D eigenvalue weighted by atomic mass is 9.93. The molecule has 106 valence electrons. The van der Waals surface area contributed by atoms with E-state index in [9.17, 15) is 9.59 Å². The van der Waals surface area contributed by atoms with Crippen molar-refractivity contribution in [1.29, 1.82) is 0 Å². The average Bonchev–Trinajstić information content (AvgIpc) is 2.89. The molecule has 7 heteroatoms. The highest BCUT2D eigenvalue weighted by atomic mass is 16.6. The SMILES string of the molecule is CC(NC(=O)C1CC(C(=O)O)=NO1)C1CCOCC1. The summed E-state index contributed by atoms with van der Waals surface area (Å²) in [5.74, 6) is -1.06. The minimum atomic E-state index is -1.15. The first-order valence-corrected chi connectivity index (χ1v) is 6.42. The Morgan fingerprint density at radius 1 is 1.42 bits per heavy atom. The van der Waals surface area contributed by atoms with Crippen LogP contribution in [0.25, 0.3) is 0 Å². The highest BCUT2D eigenvalue weighted by Crippen LogP contribution is 2.19. The predicted octanol–water partition coefficient (Wildman–Crippen LogP) is 0.147. The fraction of sp³-hybridized carbons (Fsp3) is 0.750. The minimum absolute atomic E-state index is 0.0155. The summed E-state index contributed by atoms with van der Waals surface area (Å²) in [7, 11) is 0. The highest BCUT2D eigenvalue weighted by Gasteiger charge is 2.33. The van der Waals surface area contributed by atoms with Crippen molar-refractivity contribution in [1.82, 2.24) is 5.32 Å². The van der Waals surface area contributed by atoms with Crippen LogP contribution >= 0.6 is 0 Å². The maximum atomic E-state index is 11.9. The number of carbonyl (C=O) groups excluding carboxylic acids is 1. The van der Waals surface area contributed by atoms with E-state index >= 15 is 0 Å². The zero-order chi connectivity index (χ0) is 13.8. The van der Waals surface area contributed by atoms with Crippen LogP contribution < -0.4 is 5.32 Å². The van der Waals surface area contributed by atoms with E-state index < -0.39 is 12.1 Å². The molecule has 2 aliphatic rings. The van der Waals surface area contributed by atoms with Crippen LogP contribution in [0.1, 0.15) is 26.2 Å². The zero-order valence-electron chi connectivity index (χ0n) is 10.8. The molecule has 1 fully saturated rings. The molecule has 7 nitrogen and oxygen atoms in total. The van der Waals surface area contributed by atoms with Crippen LogP contribution in [0.3, 0.4) is 0 Å². The number of hydrogen-bond acceptors (Lipinski definition) is 5. The summed E-state index contributed by atoms with van der Waals surface area (Å²) in [5, 5.41) is 15.0. The Bertz CT molecular complexity index is 390. The first kappa shape index (κ1) is 13.8. The molecule has 2 aliphatic heterocycles. The lowest BCUT2D eigenvalue weighted by Gasteiger charge is -2.28. The number of oxime groups is 1. The molecule has 2 N–H and O–H groups in total. The van der Waals surface area contributed by atoms with E-state index in [4.69, 9.17) is 14.7 Å². The van der Waals surface area contributed by atoms with Gasteiger partial charge in [-0.3, -0.25) is 4.79 Å². The topological polar surface area (TPSA) is 97.2 Å². The second-order valence-electron chi connectivity index (χ2n) is 4.89. The summed E-state index contributed by atoms with van der Waals surface area (Å²) in [4.78, 5) is 27.5. The molecule has 0 spiro atoms. The average molecular weight is 270 g/mol. The van der Waals surface area contributed by atoms with Gasteiger partial charge in [0.1, 0.15) is 0 Å². The first-order valence-electron chi connectivity index (χ1n) is 6.42. The quantitative estimate of drug-likeness (QED) is 0.757. The minimum Gasteiger partial charge on any atom is -0.477 e. The van der Waals surface area contributed by atoms with Crippen molar-refractivity contribution in [3.05, 3.63) is 0 Å². The van der Waals surface area contributed by atoms with Crippen molar-refractivity contribution in [2.45, 2.75) is 38.3 Å². The van der Waals surface area contributed by atoms with Gasteiger partial charge in [0.25, 0.3) is 5.91 Å². The Hall–Kier alpha value is -1.63. The molecule has 1 saturated heterocycles. The molecule has 0 aromatic rings. The Morgan fingerprint density at radius 3 is 2.68 bits per heavy atom. The number of rotatable bonds is 4. The van der Waals surface area contributed by atoms with E-state index in [-0.39, 0.29) is 24.1 Å². The Balaban J connectivity index is 1.80. The molecule has 0 aliphatic carbocycles. The second kappa shape index (κ2) is 6.01. The van der Waals surface area contributed by atoms with Gasteiger partial charge in [0.05, 0.1) is 0 Å². The van der Waals surface area contributed by atoms with Crippen LogP contribution in [-0.4, -0.2) is 48.1 Å². The second-order valence-corrected chi connectivity index (χ2v) is 4.89. The van der Waals surface area contributed by atoms with Gasteiger partial charge in [-0.2, -0.15) is 0 Å². The Morgan fingerprint density at radius 2 is 2.11 bits per heavy atom. The Labute approximate surface area is 110 Å². The van der Waals surface area contributed by atoms with E-state index in [1.165, 1.54) is 0 Å². The molecule has 0 radical (unpaired) electrons. The van der Waals surface area contributed by atoms with Crippen molar-refractivity contribution in [2.24, 2.45) is 11.1 Å². The van der Waals surface area contributed by atoms with E-state index in [0.717, 1.165) is 26.1 Å². The molecule has 2 atom stereocenters. The fourth-order valence-electron chi connectivity index (χ4n) is 2.30. The zero-order valence-corrected chi connectivity index (χ0v) is 10.8. The number of carboxylic acid groups (broad SMARTS) is 1. The van der Waals surface area contributed by atoms with Gasteiger partial charge in [0.15, 0.2) is 5.71 Å². The van der Waals surface area contributed by atoms with Gasteiger partial charge in [0.2, 0.25) is 6.10 Å². The largest absolute Gasteiger partial charge is 0.477 e. The molecule has 1 amide bonds. The van der Waals surface area contributed by atoms with Gasteiger partial charge in [-0.25, -0.2) is 4.79 Å². The lowest BCUT2D eigenvalue weighted by molar-refractivity contribution is -0.132. The molecule has 0 bridgehead atoms. The molecule has 19 heavy (non-hydrogen) atoms. The predicted molar refractivity (Wildman–Crippen MR) is 65.7 cm³/mol. The maximum Gasteiger partial charge on any atom is 0.353 e. The molecule has 0 aromatic carbocycles. The fourth-order valence-corrected chi connectivity index (χ4v) is 2.30. The van der Waals surface area contributed by atoms with Crippen molar-refractivity contribution in [2.75, 3.05) is 13.2 Å². The third-order valence-corrected chi connectivity index (χ3v) is 3.55.